The molecule has 2 heterocycles. The summed E-state index contributed by atoms with van der Waals surface area (Å²) in [7, 11) is 0. The third kappa shape index (κ3) is 3.95. The Kier molecular flexibility index (Phi) is 5.73. The normalized spacial score (nSPS) is 9.86. The fourth-order valence-corrected chi connectivity index (χ4v) is 2.17. The molecule has 0 aliphatic rings. The van der Waals surface area contributed by atoms with E-state index in [0.29, 0.717) is 0 Å². The number of rotatable bonds is 3. The zero-order valence-electron chi connectivity index (χ0n) is 13.2. The molecule has 0 radical (unpaired) electrons. The van der Waals surface area contributed by atoms with Gasteiger partial charge in [0.15, 0.2) is 5.65 Å². The van der Waals surface area contributed by atoms with E-state index in [1.54, 1.807) is 10.7 Å². The van der Waals surface area contributed by atoms with E-state index in [1.165, 1.54) is 5.56 Å². The van der Waals surface area contributed by atoms with Crippen LogP contribution < -0.4 is 0 Å². The average molecular weight is 291 g/mol. The monoisotopic (exact) mass is 291 g/mol. The topological polar surface area (TPSA) is 30.2 Å². The molecule has 3 nitrogen and oxygen atoms in total. The Labute approximate surface area is 132 Å². The van der Waals surface area contributed by atoms with Crippen LogP contribution >= 0.6 is 0 Å². The number of unbranched alkanes of at least 4 members (excludes halogenated alkanes) is 1. The summed E-state index contributed by atoms with van der Waals surface area (Å²) in [5, 5.41) is 4.30. The molecule has 3 aromatic rings. The van der Waals surface area contributed by atoms with Crippen molar-refractivity contribution in [3.63, 3.8) is 0 Å². The lowest BCUT2D eigenvalue weighted by molar-refractivity contribution is 0.796. The molecular formula is C19H21N3. The van der Waals surface area contributed by atoms with E-state index >= 15 is 0 Å². The zero-order chi connectivity index (χ0) is 15.8. The summed E-state index contributed by atoms with van der Waals surface area (Å²) in [6.07, 6.45) is 12.3. The molecule has 0 saturated heterocycles. The summed E-state index contributed by atoms with van der Waals surface area (Å²) in [5.74, 6) is 2.62. The van der Waals surface area contributed by atoms with Crippen molar-refractivity contribution in [2.24, 2.45) is 0 Å². The Bertz CT molecular complexity index is 751. The molecule has 3 rings (SSSR count). The third-order valence-corrected chi connectivity index (χ3v) is 3.35. The number of benzene rings is 1. The number of aryl methyl sites for hydroxylation is 2. The van der Waals surface area contributed by atoms with Gasteiger partial charge in [0.25, 0.3) is 0 Å². The van der Waals surface area contributed by atoms with Gasteiger partial charge in [-0.15, -0.1) is 6.42 Å². The Hall–Kier alpha value is -2.60. The minimum absolute atomic E-state index is 0.724. The van der Waals surface area contributed by atoms with Crippen molar-refractivity contribution in [3.8, 4) is 12.3 Å². The van der Waals surface area contributed by atoms with Crippen LogP contribution in [0, 0.1) is 19.3 Å². The lowest BCUT2D eigenvalue weighted by Gasteiger charge is -1.96. The summed E-state index contributed by atoms with van der Waals surface area (Å²) in [6, 6.07) is 12.1. The smallest absolute Gasteiger partial charge is 0.159 e. The van der Waals surface area contributed by atoms with Crippen LogP contribution in [0.25, 0.3) is 5.65 Å². The van der Waals surface area contributed by atoms with E-state index < -0.39 is 0 Å². The van der Waals surface area contributed by atoms with Crippen LogP contribution in [-0.4, -0.2) is 14.6 Å². The summed E-state index contributed by atoms with van der Waals surface area (Å²) < 4.78 is 1.75. The van der Waals surface area contributed by atoms with Crippen molar-refractivity contribution in [1.29, 1.82) is 0 Å². The van der Waals surface area contributed by atoms with Gasteiger partial charge in [-0.3, -0.25) is 0 Å². The van der Waals surface area contributed by atoms with Gasteiger partial charge in [0.2, 0.25) is 0 Å². The Balaban J connectivity index is 0.000000211. The van der Waals surface area contributed by atoms with Gasteiger partial charge in [-0.1, -0.05) is 49.2 Å². The Morgan fingerprint density at radius 2 is 1.95 bits per heavy atom. The molecule has 0 aliphatic carbocycles. The second-order valence-electron chi connectivity index (χ2n) is 5.12. The molecule has 0 amide bonds. The minimum atomic E-state index is 0.724. The number of nitrogens with zero attached hydrogens (tertiary/aromatic N) is 3. The first-order valence-electron chi connectivity index (χ1n) is 7.56. The molecule has 0 atom stereocenters. The van der Waals surface area contributed by atoms with Crippen molar-refractivity contribution in [2.75, 3.05) is 0 Å². The van der Waals surface area contributed by atoms with E-state index in [1.807, 2.05) is 30.5 Å². The van der Waals surface area contributed by atoms with E-state index in [0.717, 1.165) is 36.2 Å². The molecule has 2 aromatic heterocycles. The quantitative estimate of drug-likeness (QED) is 0.681. The highest BCUT2D eigenvalue weighted by atomic mass is 15.2. The number of hydrogen-bond acceptors (Lipinski definition) is 2. The van der Waals surface area contributed by atoms with Crippen LogP contribution in [0.5, 0.6) is 0 Å². The first-order chi connectivity index (χ1) is 10.8. The van der Waals surface area contributed by atoms with Crippen LogP contribution in [0.4, 0.5) is 0 Å². The van der Waals surface area contributed by atoms with Crippen molar-refractivity contribution >= 4 is 5.65 Å². The fourth-order valence-electron chi connectivity index (χ4n) is 2.17. The summed E-state index contributed by atoms with van der Waals surface area (Å²) in [5.41, 5.74) is 4.03. The average Bonchev–Trinajstić information content (AvgIpc) is 2.92. The maximum atomic E-state index is 5.43. The standard InChI is InChI=1S/C12H13N3.C7H8/c1-3-5-7-10-11(4-2)14-15-9-6-8-13-12(10)15;1-7-5-3-2-4-6-7/h2,6,8-9H,3,5,7H2,1H3;2-6H,1H3. The van der Waals surface area contributed by atoms with E-state index in [9.17, 15) is 0 Å². The number of fused-ring (bicyclic) bond motifs is 1. The van der Waals surface area contributed by atoms with Crippen molar-refractivity contribution in [1.82, 2.24) is 14.6 Å². The van der Waals surface area contributed by atoms with Gasteiger partial charge in [-0.2, -0.15) is 5.10 Å². The number of hydrogen-bond donors (Lipinski definition) is 0. The third-order valence-electron chi connectivity index (χ3n) is 3.35. The second-order valence-corrected chi connectivity index (χ2v) is 5.12. The van der Waals surface area contributed by atoms with Crippen LogP contribution in [0.15, 0.2) is 48.8 Å². The van der Waals surface area contributed by atoms with Crippen LogP contribution in [0.1, 0.15) is 36.6 Å². The summed E-state index contributed by atoms with van der Waals surface area (Å²) >= 11 is 0. The lowest BCUT2D eigenvalue weighted by atomic mass is 10.1. The number of aromatic nitrogens is 3. The highest BCUT2D eigenvalue weighted by Gasteiger charge is 2.10. The van der Waals surface area contributed by atoms with E-state index in [-0.39, 0.29) is 0 Å². The van der Waals surface area contributed by atoms with Gasteiger partial charge >= 0.3 is 0 Å². The van der Waals surface area contributed by atoms with Gasteiger partial charge in [0.05, 0.1) is 0 Å². The van der Waals surface area contributed by atoms with Gasteiger partial charge in [-0.05, 0) is 31.8 Å². The zero-order valence-corrected chi connectivity index (χ0v) is 13.2. The van der Waals surface area contributed by atoms with Gasteiger partial charge in [0.1, 0.15) is 5.69 Å². The van der Waals surface area contributed by atoms with Gasteiger partial charge in [0, 0.05) is 18.0 Å². The first-order valence-corrected chi connectivity index (χ1v) is 7.56. The maximum absolute atomic E-state index is 5.43. The largest absolute Gasteiger partial charge is 0.237 e. The second kappa shape index (κ2) is 7.99. The summed E-state index contributed by atoms with van der Waals surface area (Å²) in [4.78, 5) is 4.31. The molecule has 1 aromatic carbocycles. The molecule has 22 heavy (non-hydrogen) atoms. The van der Waals surface area contributed by atoms with Crippen molar-refractivity contribution < 1.29 is 0 Å². The molecule has 112 valence electrons. The molecule has 0 saturated carbocycles. The lowest BCUT2D eigenvalue weighted by Crippen LogP contribution is -1.90. The molecule has 0 unspecified atom stereocenters. The SMILES string of the molecule is C#Cc1nn2cccnc2c1CCCC.Cc1ccccc1. The van der Waals surface area contributed by atoms with Crippen LogP contribution in [0.3, 0.4) is 0 Å². The van der Waals surface area contributed by atoms with E-state index in [4.69, 9.17) is 6.42 Å². The summed E-state index contributed by atoms with van der Waals surface area (Å²) in [6.45, 7) is 4.24. The molecular weight excluding hydrogens is 270 g/mol. The predicted molar refractivity (Wildman–Crippen MR) is 90.7 cm³/mol. The molecule has 0 bridgehead atoms. The highest BCUT2D eigenvalue weighted by molar-refractivity contribution is 5.54. The fraction of sp³-hybridized carbons (Fsp3) is 0.263. The van der Waals surface area contributed by atoms with Crippen molar-refractivity contribution in [2.45, 2.75) is 33.1 Å². The predicted octanol–water partition coefficient (Wildman–Crippen LogP) is 4.05. The van der Waals surface area contributed by atoms with Gasteiger partial charge in [-0.25, -0.2) is 9.50 Å². The maximum Gasteiger partial charge on any atom is 0.159 e. The van der Waals surface area contributed by atoms with Crippen LogP contribution in [0.2, 0.25) is 0 Å². The molecule has 3 heteroatoms. The highest BCUT2D eigenvalue weighted by Crippen LogP contribution is 2.15. The molecule has 0 aliphatic heterocycles. The van der Waals surface area contributed by atoms with E-state index in [2.05, 4.69) is 42.0 Å². The first kappa shape index (κ1) is 15.8. The molecule has 0 spiro atoms. The molecule has 0 fully saturated rings. The Morgan fingerprint density at radius 3 is 2.55 bits per heavy atom. The minimum Gasteiger partial charge on any atom is -0.237 e. The Morgan fingerprint density at radius 1 is 1.18 bits per heavy atom. The molecule has 0 N–H and O–H groups in total. The van der Waals surface area contributed by atoms with Crippen LogP contribution in [-0.2, 0) is 6.42 Å². The van der Waals surface area contributed by atoms with Gasteiger partial charge < -0.3 is 0 Å². The number of terminal acetylenes is 1. The van der Waals surface area contributed by atoms with Crippen molar-refractivity contribution in [3.05, 3.63) is 65.6 Å².